The highest BCUT2D eigenvalue weighted by Gasteiger charge is 2.24. The molecule has 32 heavy (non-hydrogen) atoms. The van der Waals surface area contributed by atoms with E-state index in [0.717, 1.165) is 42.5 Å². The van der Waals surface area contributed by atoms with E-state index in [1.165, 1.54) is 10.9 Å². The van der Waals surface area contributed by atoms with Gasteiger partial charge in [0.25, 0.3) is 5.56 Å². The van der Waals surface area contributed by atoms with Crippen LogP contribution in [0.25, 0.3) is 22.7 Å². The average molecular weight is 432 g/mol. The predicted molar refractivity (Wildman–Crippen MR) is 121 cm³/mol. The molecule has 0 saturated heterocycles. The lowest BCUT2D eigenvalue weighted by atomic mass is 10.1. The van der Waals surface area contributed by atoms with E-state index in [0.29, 0.717) is 22.5 Å². The Kier molecular flexibility index (Phi) is 4.88. The molecule has 4 aromatic rings. The van der Waals surface area contributed by atoms with Crippen molar-refractivity contribution in [2.24, 2.45) is 5.92 Å². The number of anilines is 1. The SMILES string of the molecule is Cc1ccc(-n2ncc3c(=O)[nH]c(-n4nc(C)cc4NC(=O)C4CCCC4)nc32)c(C)c1. The summed E-state index contributed by atoms with van der Waals surface area (Å²) in [4.78, 5) is 33.0. The van der Waals surface area contributed by atoms with Crippen LogP contribution in [-0.2, 0) is 4.79 Å². The minimum atomic E-state index is -0.317. The maximum atomic E-state index is 12.8. The molecular weight excluding hydrogens is 406 g/mol. The van der Waals surface area contributed by atoms with Crippen LogP contribution < -0.4 is 10.9 Å². The molecule has 0 radical (unpaired) electrons. The number of aryl methyl sites for hydroxylation is 3. The summed E-state index contributed by atoms with van der Waals surface area (Å²) >= 11 is 0. The molecule has 9 nitrogen and oxygen atoms in total. The summed E-state index contributed by atoms with van der Waals surface area (Å²) in [5, 5.41) is 12.2. The summed E-state index contributed by atoms with van der Waals surface area (Å²) in [6.45, 7) is 5.86. The molecule has 1 aliphatic carbocycles. The third kappa shape index (κ3) is 3.49. The smallest absolute Gasteiger partial charge is 0.263 e. The van der Waals surface area contributed by atoms with Crippen molar-refractivity contribution in [1.29, 1.82) is 0 Å². The van der Waals surface area contributed by atoms with Crippen molar-refractivity contribution in [3.8, 4) is 11.6 Å². The Balaban J connectivity index is 1.60. The molecule has 2 N–H and O–H groups in total. The number of aromatic amines is 1. The topological polar surface area (TPSA) is 110 Å². The summed E-state index contributed by atoms with van der Waals surface area (Å²) in [6.07, 6.45) is 5.46. The fourth-order valence-corrected chi connectivity index (χ4v) is 4.39. The van der Waals surface area contributed by atoms with Gasteiger partial charge in [0.15, 0.2) is 5.65 Å². The Morgan fingerprint density at radius 2 is 1.91 bits per heavy atom. The first-order valence-electron chi connectivity index (χ1n) is 10.8. The average Bonchev–Trinajstić information content (AvgIpc) is 3.48. The van der Waals surface area contributed by atoms with Crippen LogP contribution in [0.2, 0.25) is 0 Å². The predicted octanol–water partition coefficient (Wildman–Crippen LogP) is 3.35. The molecule has 0 atom stereocenters. The van der Waals surface area contributed by atoms with E-state index >= 15 is 0 Å². The maximum Gasteiger partial charge on any atom is 0.263 e. The molecule has 3 aromatic heterocycles. The van der Waals surface area contributed by atoms with Crippen LogP contribution in [0, 0.1) is 26.7 Å². The van der Waals surface area contributed by atoms with Gasteiger partial charge < -0.3 is 5.32 Å². The summed E-state index contributed by atoms with van der Waals surface area (Å²) in [5.74, 6) is 0.704. The van der Waals surface area contributed by atoms with Crippen molar-refractivity contribution >= 4 is 22.8 Å². The molecule has 164 valence electrons. The molecular formula is C23H25N7O2. The fourth-order valence-electron chi connectivity index (χ4n) is 4.39. The van der Waals surface area contributed by atoms with E-state index in [9.17, 15) is 9.59 Å². The summed E-state index contributed by atoms with van der Waals surface area (Å²) in [6, 6.07) is 7.80. The lowest BCUT2D eigenvalue weighted by Crippen LogP contribution is -2.23. The quantitative estimate of drug-likeness (QED) is 0.515. The first-order valence-corrected chi connectivity index (χ1v) is 10.8. The molecule has 1 saturated carbocycles. The summed E-state index contributed by atoms with van der Waals surface area (Å²) in [5.41, 5.74) is 3.83. The number of rotatable bonds is 4. The van der Waals surface area contributed by atoms with Gasteiger partial charge >= 0.3 is 0 Å². The van der Waals surface area contributed by atoms with Crippen LogP contribution in [-0.4, -0.2) is 35.4 Å². The molecule has 0 unspecified atom stereocenters. The summed E-state index contributed by atoms with van der Waals surface area (Å²) < 4.78 is 3.14. The Morgan fingerprint density at radius 3 is 2.66 bits per heavy atom. The molecule has 1 fully saturated rings. The number of carbonyl (C=O) groups excluding carboxylic acids is 1. The highest BCUT2D eigenvalue weighted by Crippen LogP contribution is 2.27. The second kappa shape index (κ2) is 7.74. The third-order valence-corrected chi connectivity index (χ3v) is 6.02. The van der Waals surface area contributed by atoms with Gasteiger partial charge in [-0.15, -0.1) is 0 Å². The molecule has 9 heteroatoms. The van der Waals surface area contributed by atoms with Gasteiger partial charge in [0.2, 0.25) is 11.9 Å². The molecule has 5 rings (SSSR count). The van der Waals surface area contributed by atoms with E-state index in [2.05, 4.69) is 31.5 Å². The zero-order valence-corrected chi connectivity index (χ0v) is 18.3. The van der Waals surface area contributed by atoms with Crippen molar-refractivity contribution in [1.82, 2.24) is 29.5 Å². The lowest BCUT2D eigenvalue weighted by molar-refractivity contribution is -0.119. The Morgan fingerprint density at radius 1 is 1.12 bits per heavy atom. The van der Waals surface area contributed by atoms with Crippen LogP contribution in [0.3, 0.4) is 0 Å². The molecule has 3 heterocycles. The van der Waals surface area contributed by atoms with Gasteiger partial charge in [-0.3, -0.25) is 14.6 Å². The molecule has 1 aliphatic rings. The normalized spacial score (nSPS) is 14.3. The van der Waals surface area contributed by atoms with E-state index in [1.54, 1.807) is 10.7 Å². The van der Waals surface area contributed by atoms with E-state index < -0.39 is 0 Å². The molecule has 1 amide bonds. The van der Waals surface area contributed by atoms with E-state index in [-0.39, 0.29) is 23.3 Å². The number of hydrogen-bond donors (Lipinski definition) is 2. The third-order valence-electron chi connectivity index (χ3n) is 6.02. The molecule has 1 aromatic carbocycles. The molecule has 0 spiro atoms. The standard InChI is InChI=1S/C23H25N7O2/c1-13-8-9-18(14(2)10-13)29-20-17(12-24-29)22(32)27-23(26-20)30-19(11-15(3)28-30)25-21(31)16-6-4-5-7-16/h8-12,16H,4-7H2,1-3H3,(H,25,31)(H,26,27,32). The van der Waals surface area contributed by atoms with Gasteiger partial charge in [0.05, 0.1) is 17.6 Å². The first kappa shape index (κ1) is 20.2. The molecule has 0 aliphatic heterocycles. The Hall–Kier alpha value is -3.75. The first-order chi connectivity index (χ1) is 15.4. The van der Waals surface area contributed by atoms with Gasteiger partial charge in [0, 0.05) is 12.0 Å². The van der Waals surface area contributed by atoms with E-state index in [4.69, 9.17) is 0 Å². The monoisotopic (exact) mass is 431 g/mol. The number of fused-ring (bicyclic) bond motifs is 1. The van der Waals surface area contributed by atoms with Crippen molar-refractivity contribution in [3.63, 3.8) is 0 Å². The van der Waals surface area contributed by atoms with Crippen molar-refractivity contribution in [2.75, 3.05) is 5.32 Å². The van der Waals surface area contributed by atoms with Gasteiger partial charge in [-0.2, -0.15) is 19.9 Å². The number of nitrogens with zero attached hydrogens (tertiary/aromatic N) is 5. The minimum Gasteiger partial charge on any atom is -0.310 e. The highest BCUT2D eigenvalue weighted by atomic mass is 16.2. The second-order valence-corrected chi connectivity index (χ2v) is 8.53. The zero-order chi connectivity index (χ0) is 22.4. The van der Waals surface area contributed by atoms with Gasteiger partial charge in [-0.1, -0.05) is 30.5 Å². The highest BCUT2D eigenvalue weighted by molar-refractivity contribution is 5.92. The number of carbonyl (C=O) groups is 1. The maximum absolute atomic E-state index is 12.8. The van der Waals surface area contributed by atoms with Crippen LogP contribution in [0.15, 0.2) is 35.3 Å². The molecule has 0 bridgehead atoms. The zero-order valence-electron chi connectivity index (χ0n) is 18.3. The number of benzene rings is 1. The van der Waals surface area contributed by atoms with Gasteiger partial charge in [-0.05, 0) is 45.2 Å². The minimum absolute atomic E-state index is 0.0130. The van der Waals surface area contributed by atoms with Crippen LogP contribution in [0.4, 0.5) is 5.82 Å². The van der Waals surface area contributed by atoms with E-state index in [1.807, 2.05) is 32.9 Å². The van der Waals surface area contributed by atoms with Crippen LogP contribution >= 0.6 is 0 Å². The second-order valence-electron chi connectivity index (χ2n) is 8.53. The lowest BCUT2D eigenvalue weighted by Gasteiger charge is -2.12. The van der Waals surface area contributed by atoms with Crippen LogP contribution in [0.5, 0.6) is 0 Å². The number of hydrogen-bond acceptors (Lipinski definition) is 5. The summed E-state index contributed by atoms with van der Waals surface area (Å²) in [7, 11) is 0. The van der Waals surface area contributed by atoms with Crippen molar-refractivity contribution in [3.05, 3.63) is 57.6 Å². The Bertz CT molecular complexity index is 1390. The number of H-pyrrole nitrogens is 1. The van der Waals surface area contributed by atoms with Crippen molar-refractivity contribution < 1.29 is 4.79 Å². The van der Waals surface area contributed by atoms with Crippen LogP contribution in [0.1, 0.15) is 42.5 Å². The number of nitrogens with one attached hydrogen (secondary N) is 2. The fraction of sp³-hybridized carbons (Fsp3) is 0.348. The number of amides is 1. The van der Waals surface area contributed by atoms with Crippen molar-refractivity contribution in [2.45, 2.75) is 46.5 Å². The van der Waals surface area contributed by atoms with Gasteiger partial charge in [0.1, 0.15) is 11.2 Å². The van der Waals surface area contributed by atoms with Gasteiger partial charge in [-0.25, -0.2) is 4.68 Å². The largest absolute Gasteiger partial charge is 0.310 e. The number of aromatic nitrogens is 6. The Labute approximate surface area is 184 Å².